The second-order valence-corrected chi connectivity index (χ2v) is 17.2. The fourth-order valence-electron chi connectivity index (χ4n) is 5.96. The highest BCUT2D eigenvalue weighted by Crippen LogP contribution is 2.49. The molecule has 0 spiro atoms. The molecule has 0 unspecified atom stereocenters. The molecule has 228 valence electrons. The van der Waals surface area contributed by atoms with Crippen molar-refractivity contribution in [3.8, 4) is 31.5 Å². The molecule has 8 rings (SSSR count). The molecule has 0 fully saturated rings. The van der Waals surface area contributed by atoms with Gasteiger partial charge in [0.2, 0.25) is 0 Å². The number of anilines is 2. The molecule has 0 amide bonds. The van der Waals surface area contributed by atoms with Crippen LogP contribution in [0.5, 0.6) is 0 Å². The SMILES string of the molecule is CC(C)Cc1cc2c(s1)c1sc(-c3nc(N(C)C)c(-c4cc5sc(-c6ccc(N(C)C)cc6)cc5s4)c4nsnc34)cc1n2C. The van der Waals surface area contributed by atoms with E-state index in [9.17, 15) is 0 Å². The highest BCUT2D eigenvalue weighted by atomic mass is 32.1. The van der Waals surface area contributed by atoms with Gasteiger partial charge in [-0.05, 0) is 54.3 Å². The van der Waals surface area contributed by atoms with Crippen molar-refractivity contribution in [2.45, 2.75) is 20.3 Å². The van der Waals surface area contributed by atoms with E-state index in [1.807, 2.05) is 45.3 Å². The molecular formula is C34H32N6S5. The van der Waals surface area contributed by atoms with E-state index in [1.165, 1.54) is 67.4 Å². The van der Waals surface area contributed by atoms with E-state index in [2.05, 4.69) is 112 Å². The van der Waals surface area contributed by atoms with Crippen molar-refractivity contribution >= 4 is 109 Å². The van der Waals surface area contributed by atoms with Crippen molar-refractivity contribution in [1.82, 2.24) is 18.3 Å². The second-order valence-electron chi connectivity index (χ2n) is 12.3. The predicted molar refractivity (Wildman–Crippen MR) is 202 cm³/mol. The lowest BCUT2D eigenvalue weighted by Gasteiger charge is -2.17. The normalized spacial score (nSPS) is 12.2. The van der Waals surface area contributed by atoms with E-state index in [0.29, 0.717) is 5.92 Å². The maximum absolute atomic E-state index is 5.33. The summed E-state index contributed by atoms with van der Waals surface area (Å²) >= 11 is 8.69. The number of rotatable bonds is 7. The third-order valence-electron chi connectivity index (χ3n) is 8.18. The zero-order valence-electron chi connectivity index (χ0n) is 26.1. The Balaban J connectivity index is 1.23. The molecule has 11 heteroatoms. The Morgan fingerprint density at radius 2 is 1.40 bits per heavy atom. The van der Waals surface area contributed by atoms with Gasteiger partial charge in [0, 0.05) is 65.0 Å². The molecule has 6 nitrogen and oxygen atoms in total. The van der Waals surface area contributed by atoms with Gasteiger partial charge in [0.1, 0.15) is 22.5 Å². The van der Waals surface area contributed by atoms with Crippen LogP contribution in [0.1, 0.15) is 18.7 Å². The predicted octanol–water partition coefficient (Wildman–Crippen LogP) is 10.5. The Bertz CT molecular complexity index is 2330. The van der Waals surface area contributed by atoms with Crippen LogP contribution in [-0.4, -0.2) is 46.5 Å². The monoisotopic (exact) mass is 684 g/mol. The molecule has 0 atom stereocenters. The largest absolute Gasteiger partial charge is 0.378 e. The summed E-state index contributed by atoms with van der Waals surface area (Å²) in [6.45, 7) is 4.58. The Morgan fingerprint density at radius 3 is 2.11 bits per heavy atom. The molecule has 7 aromatic heterocycles. The van der Waals surface area contributed by atoms with Crippen molar-refractivity contribution in [2.75, 3.05) is 38.0 Å². The van der Waals surface area contributed by atoms with Crippen molar-refractivity contribution in [3.63, 3.8) is 0 Å². The number of fused-ring (bicyclic) bond motifs is 5. The Hall–Kier alpha value is -3.35. The number of benzene rings is 1. The van der Waals surface area contributed by atoms with Gasteiger partial charge in [-0.2, -0.15) is 8.75 Å². The first-order valence-electron chi connectivity index (χ1n) is 14.8. The van der Waals surface area contributed by atoms with Crippen LogP contribution >= 0.6 is 57.1 Å². The van der Waals surface area contributed by atoms with Gasteiger partial charge in [0.05, 0.1) is 42.6 Å². The zero-order chi connectivity index (χ0) is 31.1. The molecule has 0 aliphatic carbocycles. The van der Waals surface area contributed by atoms with Gasteiger partial charge in [0.25, 0.3) is 0 Å². The first-order chi connectivity index (χ1) is 21.7. The van der Waals surface area contributed by atoms with E-state index in [1.54, 1.807) is 0 Å². The van der Waals surface area contributed by atoms with Crippen molar-refractivity contribution in [1.29, 1.82) is 0 Å². The maximum Gasteiger partial charge on any atom is 0.139 e. The van der Waals surface area contributed by atoms with Crippen LogP contribution in [0.4, 0.5) is 11.5 Å². The average Bonchev–Trinajstić information content (AvgIpc) is 3.83. The van der Waals surface area contributed by atoms with Crippen molar-refractivity contribution in [2.24, 2.45) is 13.0 Å². The summed E-state index contributed by atoms with van der Waals surface area (Å²) in [6.07, 6.45) is 1.12. The number of thiophene rings is 4. The smallest absolute Gasteiger partial charge is 0.139 e. The molecule has 0 bridgehead atoms. The molecule has 0 N–H and O–H groups in total. The minimum absolute atomic E-state index is 0.645. The topological polar surface area (TPSA) is 50.1 Å². The quantitative estimate of drug-likeness (QED) is 0.167. The number of hydrogen-bond donors (Lipinski definition) is 0. The van der Waals surface area contributed by atoms with E-state index >= 15 is 0 Å². The number of aryl methyl sites for hydroxylation is 1. The highest BCUT2D eigenvalue weighted by Gasteiger charge is 2.25. The lowest BCUT2D eigenvalue weighted by molar-refractivity contribution is 0.654. The van der Waals surface area contributed by atoms with Gasteiger partial charge in [-0.1, -0.05) is 26.0 Å². The first-order valence-corrected chi connectivity index (χ1v) is 18.8. The molecule has 0 aliphatic rings. The van der Waals surface area contributed by atoms with Gasteiger partial charge in [-0.25, -0.2) is 4.98 Å². The summed E-state index contributed by atoms with van der Waals surface area (Å²) in [5, 5.41) is 0. The van der Waals surface area contributed by atoms with Crippen molar-refractivity contribution in [3.05, 3.63) is 53.4 Å². The third-order valence-corrected chi connectivity index (χ3v) is 13.5. The molecule has 0 saturated heterocycles. The van der Waals surface area contributed by atoms with Crippen LogP contribution in [0.25, 0.3) is 72.3 Å². The van der Waals surface area contributed by atoms with Crippen LogP contribution in [0.15, 0.2) is 48.5 Å². The minimum Gasteiger partial charge on any atom is -0.378 e. The minimum atomic E-state index is 0.645. The molecule has 7 heterocycles. The lowest BCUT2D eigenvalue weighted by atomic mass is 10.1. The molecule has 1 aromatic carbocycles. The summed E-state index contributed by atoms with van der Waals surface area (Å²) in [5.41, 5.74) is 8.84. The molecule has 45 heavy (non-hydrogen) atoms. The van der Waals surface area contributed by atoms with Crippen LogP contribution < -0.4 is 9.80 Å². The zero-order valence-corrected chi connectivity index (χ0v) is 30.2. The summed E-state index contributed by atoms with van der Waals surface area (Å²) in [5.74, 6) is 1.57. The number of nitrogens with zero attached hydrogens (tertiary/aromatic N) is 6. The number of aromatic nitrogens is 4. The van der Waals surface area contributed by atoms with Crippen LogP contribution in [0.2, 0.25) is 0 Å². The van der Waals surface area contributed by atoms with Crippen LogP contribution in [-0.2, 0) is 13.5 Å². The number of pyridine rings is 1. The second kappa shape index (κ2) is 10.9. The van der Waals surface area contributed by atoms with Gasteiger partial charge in [-0.3, -0.25) is 0 Å². The van der Waals surface area contributed by atoms with Gasteiger partial charge in [0.15, 0.2) is 0 Å². The number of hydrogen-bond acceptors (Lipinski definition) is 10. The van der Waals surface area contributed by atoms with E-state index in [0.717, 1.165) is 39.4 Å². The highest BCUT2D eigenvalue weighted by molar-refractivity contribution is 7.31. The van der Waals surface area contributed by atoms with E-state index < -0.39 is 0 Å². The van der Waals surface area contributed by atoms with Crippen LogP contribution in [0, 0.1) is 5.92 Å². The van der Waals surface area contributed by atoms with Gasteiger partial charge < -0.3 is 14.4 Å². The molecule has 0 saturated carbocycles. The van der Waals surface area contributed by atoms with Crippen LogP contribution in [0.3, 0.4) is 0 Å². The summed E-state index contributed by atoms with van der Waals surface area (Å²) in [4.78, 5) is 14.6. The van der Waals surface area contributed by atoms with Gasteiger partial charge in [-0.15, -0.1) is 45.3 Å². The Morgan fingerprint density at radius 1 is 0.733 bits per heavy atom. The average molecular weight is 685 g/mol. The summed E-state index contributed by atoms with van der Waals surface area (Å²) < 4.78 is 17.3. The fourth-order valence-corrected chi connectivity index (χ4v) is 11.7. The third kappa shape index (κ3) is 4.79. The molecule has 0 radical (unpaired) electrons. The van der Waals surface area contributed by atoms with E-state index in [4.69, 9.17) is 13.7 Å². The summed E-state index contributed by atoms with van der Waals surface area (Å²) in [7, 11) is 10.5. The van der Waals surface area contributed by atoms with Crippen molar-refractivity contribution < 1.29 is 0 Å². The molecular weight excluding hydrogens is 653 g/mol. The van der Waals surface area contributed by atoms with Gasteiger partial charge >= 0.3 is 0 Å². The Kier molecular flexibility index (Phi) is 7.03. The fraction of sp³-hybridized carbons (Fsp3) is 0.265. The maximum atomic E-state index is 5.33. The Labute approximate surface area is 282 Å². The standard InChI is InChI=1S/C34H32N6S5/c1-17(2)12-20-13-21-32(41-20)33-22(40(21)7)14-27(44-33)29-31-30(36-45-37-31)28(34(35-29)39(5)6)26-16-25-24(43-26)15-23(42-25)18-8-10-19(11-9-18)38(3)4/h8-11,13-17H,12H2,1-7H3. The molecule has 0 aliphatic heterocycles. The first kappa shape index (κ1) is 29.1. The molecule has 8 aromatic rings. The summed E-state index contributed by atoms with van der Waals surface area (Å²) in [6, 6.07) is 18.1. The van der Waals surface area contributed by atoms with E-state index in [-0.39, 0.29) is 0 Å². The lowest BCUT2D eigenvalue weighted by Crippen LogP contribution is -2.12.